The molecule has 0 unspecified atom stereocenters. The van der Waals surface area contributed by atoms with Crippen LogP contribution >= 0.6 is 11.3 Å². The van der Waals surface area contributed by atoms with E-state index in [1.54, 1.807) is 13.1 Å². The molecule has 2 aromatic heterocycles. The van der Waals surface area contributed by atoms with Gasteiger partial charge in [-0.15, -0.1) is 5.10 Å². The third kappa shape index (κ3) is 3.29. The Kier molecular flexibility index (Phi) is 4.27. The summed E-state index contributed by atoms with van der Waals surface area (Å²) in [6.45, 7) is 1.57. The summed E-state index contributed by atoms with van der Waals surface area (Å²) in [5, 5.41) is 18.6. The molecule has 4 rings (SSSR count). The molecule has 1 aromatic carbocycles. The molecule has 130 valence electrons. The minimum absolute atomic E-state index is 0.0442. The number of nitrogens with zero attached hydrogens (tertiary/aromatic N) is 3. The van der Waals surface area contributed by atoms with Crippen LogP contribution in [0.5, 0.6) is 0 Å². The molecule has 0 bridgehead atoms. The first-order chi connectivity index (χ1) is 12.1. The molecule has 1 saturated carbocycles. The largest absolute Gasteiger partial charge is 0.393 e. The number of rotatable bonds is 4. The highest BCUT2D eigenvalue weighted by atomic mass is 32.1. The van der Waals surface area contributed by atoms with E-state index in [0.29, 0.717) is 11.6 Å². The van der Waals surface area contributed by atoms with Crippen LogP contribution in [0.1, 0.15) is 43.0 Å². The van der Waals surface area contributed by atoms with Crippen LogP contribution in [0.4, 0.5) is 5.13 Å². The molecule has 0 spiro atoms. The summed E-state index contributed by atoms with van der Waals surface area (Å²) in [4.78, 5) is 16.9. The zero-order valence-corrected chi connectivity index (χ0v) is 14.8. The van der Waals surface area contributed by atoms with E-state index in [4.69, 9.17) is 0 Å². The van der Waals surface area contributed by atoms with Crippen LogP contribution in [-0.2, 0) is 0 Å². The fourth-order valence-corrected chi connectivity index (χ4v) is 4.09. The number of carbonyl (C=O) groups excluding carboxylic acids is 1. The minimum atomic E-state index is -0.160. The Morgan fingerprint density at radius 1 is 1.32 bits per heavy atom. The fourth-order valence-electron chi connectivity index (χ4n) is 3.24. The molecule has 2 N–H and O–H groups in total. The van der Waals surface area contributed by atoms with Crippen LogP contribution in [0.3, 0.4) is 0 Å². The molecule has 6 nitrogen and oxygen atoms in total. The Labute approximate surface area is 149 Å². The van der Waals surface area contributed by atoms with Crippen molar-refractivity contribution in [3.63, 3.8) is 0 Å². The van der Waals surface area contributed by atoms with Crippen molar-refractivity contribution in [2.24, 2.45) is 0 Å². The number of anilines is 1. The number of hydrogen-bond acceptors (Lipinski definition) is 6. The van der Waals surface area contributed by atoms with Crippen LogP contribution in [-0.4, -0.2) is 37.6 Å². The first-order valence-corrected chi connectivity index (χ1v) is 9.32. The second-order valence-corrected chi connectivity index (χ2v) is 7.49. The van der Waals surface area contributed by atoms with E-state index >= 15 is 0 Å². The lowest BCUT2D eigenvalue weighted by molar-refractivity contribution is 0.101. The van der Waals surface area contributed by atoms with E-state index in [1.807, 2.05) is 28.8 Å². The molecule has 2 heterocycles. The maximum absolute atomic E-state index is 11.6. The van der Waals surface area contributed by atoms with Crippen molar-refractivity contribution in [3.8, 4) is 11.3 Å². The number of ketones is 1. The number of aliphatic hydroxyl groups is 1. The number of aliphatic hydroxyl groups excluding tert-OH is 1. The molecule has 1 aliphatic carbocycles. The topological polar surface area (TPSA) is 79.5 Å². The molecular weight excluding hydrogens is 336 g/mol. The van der Waals surface area contributed by atoms with Gasteiger partial charge in [-0.05, 0) is 38.7 Å². The predicted octanol–water partition coefficient (Wildman–Crippen LogP) is 3.38. The molecule has 0 saturated heterocycles. The normalized spacial score (nSPS) is 20.7. The maximum atomic E-state index is 11.6. The van der Waals surface area contributed by atoms with Gasteiger partial charge in [0.25, 0.3) is 0 Å². The Bertz CT molecular complexity index is 909. The Morgan fingerprint density at radius 2 is 2.12 bits per heavy atom. The van der Waals surface area contributed by atoms with Gasteiger partial charge in [0.2, 0.25) is 10.1 Å². The number of imidazole rings is 1. The van der Waals surface area contributed by atoms with Crippen LogP contribution in [0, 0.1) is 0 Å². The first kappa shape index (κ1) is 16.2. The molecule has 1 aliphatic rings. The summed E-state index contributed by atoms with van der Waals surface area (Å²) in [5.41, 5.74) is 2.49. The summed E-state index contributed by atoms with van der Waals surface area (Å²) in [7, 11) is 0. The van der Waals surface area contributed by atoms with Crippen molar-refractivity contribution in [2.75, 3.05) is 5.32 Å². The van der Waals surface area contributed by atoms with E-state index in [2.05, 4.69) is 15.4 Å². The highest BCUT2D eigenvalue weighted by Crippen LogP contribution is 2.29. The average Bonchev–Trinajstić information content (AvgIpc) is 3.17. The highest BCUT2D eigenvalue weighted by molar-refractivity contribution is 7.20. The Balaban J connectivity index is 1.60. The molecule has 0 atom stereocenters. The number of nitrogens with one attached hydrogen (secondary N) is 1. The Hall–Kier alpha value is -2.25. The predicted molar refractivity (Wildman–Crippen MR) is 98.2 cm³/mol. The van der Waals surface area contributed by atoms with Crippen LogP contribution < -0.4 is 5.32 Å². The van der Waals surface area contributed by atoms with Crippen LogP contribution in [0.25, 0.3) is 16.2 Å². The van der Waals surface area contributed by atoms with Crippen molar-refractivity contribution in [3.05, 3.63) is 36.0 Å². The third-order valence-electron chi connectivity index (χ3n) is 4.67. The molecule has 25 heavy (non-hydrogen) atoms. The molecule has 7 heteroatoms. The van der Waals surface area contributed by atoms with Crippen LogP contribution in [0.2, 0.25) is 0 Å². The smallest absolute Gasteiger partial charge is 0.214 e. The van der Waals surface area contributed by atoms with Gasteiger partial charge in [0, 0.05) is 17.2 Å². The molecule has 0 radical (unpaired) electrons. The van der Waals surface area contributed by atoms with Crippen molar-refractivity contribution in [1.29, 1.82) is 0 Å². The van der Waals surface area contributed by atoms with Crippen molar-refractivity contribution >= 4 is 27.2 Å². The zero-order valence-electron chi connectivity index (χ0n) is 14.0. The average molecular weight is 356 g/mol. The molecule has 3 aromatic rings. The summed E-state index contributed by atoms with van der Waals surface area (Å²) < 4.78 is 1.82. The van der Waals surface area contributed by atoms with Gasteiger partial charge >= 0.3 is 0 Å². The van der Waals surface area contributed by atoms with Crippen molar-refractivity contribution in [2.45, 2.75) is 44.8 Å². The standard InChI is InChI=1S/C18H20N4O2S/c1-11(23)12-3-2-4-13(9-12)16-10-19-18-22(16)21-17(25-18)20-14-5-7-15(24)8-6-14/h2-4,9-10,14-15,24H,5-8H2,1H3,(H,20,21). The van der Waals surface area contributed by atoms with E-state index in [1.165, 1.54) is 11.3 Å². The summed E-state index contributed by atoms with van der Waals surface area (Å²) >= 11 is 1.52. The molecule has 1 fully saturated rings. The third-order valence-corrected chi connectivity index (χ3v) is 5.53. The SMILES string of the molecule is CC(=O)c1cccc(-c2cnc3sc(NC4CCC(O)CC4)nn23)c1. The quantitative estimate of drug-likeness (QED) is 0.701. The fraction of sp³-hybridized carbons (Fsp3) is 0.389. The van der Waals surface area contributed by atoms with Gasteiger partial charge in [0.05, 0.1) is 18.0 Å². The van der Waals surface area contributed by atoms with E-state index in [-0.39, 0.29) is 11.9 Å². The summed E-state index contributed by atoms with van der Waals surface area (Å²) in [6, 6.07) is 7.88. The lowest BCUT2D eigenvalue weighted by atomic mass is 9.93. The maximum Gasteiger partial charge on any atom is 0.214 e. The summed E-state index contributed by atoms with van der Waals surface area (Å²) in [5.74, 6) is 0.0442. The summed E-state index contributed by atoms with van der Waals surface area (Å²) in [6.07, 6.45) is 5.21. The van der Waals surface area contributed by atoms with Gasteiger partial charge < -0.3 is 10.4 Å². The number of fused-ring (bicyclic) bond motifs is 1. The zero-order chi connectivity index (χ0) is 17.4. The Morgan fingerprint density at radius 3 is 2.88 bits per heavy atom. The molecule has 0 amide bonds. The van der Waals surface area contributed by atoms with Crippen LogP contribution in [0.15, 0.2) is 30.5 Å². The van der Waals surface area contributed by atoms with Gasteiger partial charge in [-0.3, -0.25) is 4.79 Å². The highest BCUT2D eigenvalue weighted by Gasteiger charge is 2.21. The number of hydrogen-bond donors (Lipinski definition) is 2. The van der Waals surface area contributed by atoms with Gasteiger partial charge in [-0.25, -0.2) is 9.50 Å². The van der Waals surface area contributed by atoms with E-state index in [0.717, 1.165) is 47.0 Å². The number of Topliss-reactive ketones (excluding diaryl/α,β-unsaturated/α-hetero) is 1. The van der Waals surface area contributed by atoms with Gasteiger partial charge in [0.15, 0.2) is 5.78 Å². The number of benzene rings is 1. The van der Waals surface area contributed by atoms with Gasteiger partial charge in [0.1, 0.15) is 0 Å². The lowest BCUT2D eigenvalue weighted by Gasteiger charge is -2.25. The minimum Gasteiger partial charge on any atom is -0.393 e. The van der Waals surface area contributed by atoms with E-state index < -0.39 is 0 Å². The number of aromatic nitrogens is 3. The van der Waals surface area contributed by atoms with Crippen molar-refractivity contribution in [1.82, 2.24) is 14.6 Å². The van der Waals surface area contributed by atoms with Crippen molar-refractivity contribution < 1.29 is 9.90 Å². The molecular formula is C18H20N4O2S. The number of carbonyl (C=O) groups is 1. The van der Waals surface area contributed by atoms with Gasteiger partial charge in [-0.1, -0.05) is 29.5 Å². The second kappa shape index (κ2) is 6.57. The monoisotopic (exact) mass is 356 g/mol. The van der Waals surface area contributed by atoms with E-state index in [9.17, 15) is 9.90 Å². The lowest BCUT2D eigenvalue weighted by Crippen LogP contribution is -2.28. The van der Waals surface area contributed by atoms with Gasteiger partial charge in [-0.2, -0.15) is 0 Å². The molecule has 0 aliphatic heterocycles. The first-order valence-electron chi connectivity index (χ1n) is 8.50. The second-order valence-electron chi connectivity index (χ2n) is 6.53.